The molecule has 4 aromatic rings. The smallest absolute Gasteiger partial charge is 0.272 e. The molecular weight excluding hydrogens is 607 g/mol. The number of alkyl halides is 3. The van der Waals surface area contributed by atoms with Crippen LogP contribution >= 0.6 is 46.6 Å². The Bertz CT molecular complexity index is 1430. The summed E-state index contributed by atoms with van der Waals surface area (Å²) in [6.45, 7) is 0.226. The molecule has 214 valence electrons. The van der Waals surface area contributed by atoms with Crippen LogP contribution in [0.5, 0.6) is 0 Å². The lowest BCUT2D eigenvalue weighted by Crippen LogP contribution is -2.33. The highest BCUT2D eigenvalue weighted by atomic mass is 35.6. The summed E-state index contributed by atoms with van der Waals surface area (Å²) in [5.41, 5.74) is 5.61. The van der Waals surface area contributed by atoms with Crippen molar-refractivity contribution in [3.63, 3.8) is 0 Å². The van der Waals surface area contributed by atoms with Gasteiger partial charge in [-0.3, -0.25) is 9.89 Å². The van der Waals surface area contributed by atoms with Crippen molar-refractivity contribution in [1.29, 1.82) is 0 Å². The summed E-state index contributed by atoms with van der Waals surface area (Å²) >= 11 is 18.5. The van der Waals surface area contributed by atoms with E-state index in [4.69, 9.17) is 44.3 Å². The molecule has 0 spiro atoms. The second-order valence-corrected chi connectivity index (χ2v) is 12.7. The predicted molar refractivity (Wildman–Crippen MR) is 160 cm³/mol. The zero-order chi connectivity index (χ0) is 28.8. The summed E-state index contributed by atoms with van der Waals surface area (Å²) in [6.07, 6.45) is 1.32. The fourth-order valence-corrected chi connectivity index (χ4v) is 5.43. The Balaban J connectivity index is 1.30. The number of H-pyrrole nitrogens is 1. The Hall–Kier alpha value is -2.63. The van der Waals surface area contributed by atoms with E-state index in [-0.39, 0.29) is 25.4 Å². The minimum atomic E-state index is -2.01. The molecule has 1 fully saturated rings. The minimum absolute atomic E-state index is 0.00711. The zero-order valence-corrected chi connectivity index (χ0v) is 24.8. The Morgan fingerprint density at radius 2 is 1.76 bits per heavy atom. The highest BCUT2D eigenvalue weighted by molar-refractivity contribution is 7.99. The number of hydrogen-bond acceptors (Lipinski definition) is 7. The molecule has 0 unspecified atom stereocenters. The molecule has 3 atom stereocenters. The number of nitrogens with zero attached hydrogens (tertiary/aromatic N) is 2. The largest absolute Gasteiger partial charge is 0.392 e. The number of aromatic nitrogens is 3. The van der Waals surface area contributed by atoms with E-state index in [1.807, 2.05) is 72.8 Å². The van der Waals surface area contributed by atoms with Gasteiger partial charge in [-0.05, 0) is 33.9 Å². The standard InChI is InChI=1S/C29H27Cl3N4O4S/c30-29(31,32)27(38)33-14-19-2-1-3-23(12-19)20-8-10-22(11-9-20)26-39-24(16-41-28-34-17-35-36-28)13-25(40-26)21-6-4-18(15-37)5-7-21/h1-12,17,24-26,37H,13-16H2,(H,33,38)(H,34,35,36)/t24-,25+,26+/m1/s1. The quantitative estimate of drug-likeness (QED) is 0.147. The normalized spacial score (nSPS) is 19.2. The molecule has 0 saturated carbocycles. The number of aliphatic hydroxyl groups is 1. The first-order valence-electron chi connectivity index (χ1n) is 12.8. The van der Waals surface area contributed by atoms with Crippen molar-refractivity contribution in [3.8, 4) is 11.1 Å². The summed E-state index contributed by atoms with van der Waals surface area (Å²) in [7, 11) is 0. The number of aliphatic hydroxyl groups excluding tert-OH is 1. The van der Waals surface area contributed by atoms with Crippen molar-refractivity contribution in [3.05, 3.63) is 101 Å². The van der Waals surface area contributed by atoms with Gasteiger partial charge in [0.1, 0.15) is 6.33 Å². The van der Waals surface area contributed by atoms with Crippen LogP contribution in [0.3, 0.4) is 0 Å². The highest BCUT2D eigenvalue weighted by Crippen LogP contribution is 2.39. The number of thioether (sulfide) groups is 1. The van der Waals surface area contributed by atoms with Gasteiger partial charge < -0.3 is 19.9 Å². The van der Waals surface area contributed by atoms with Gasteiger partial charge in [0.05, 0.1) is 18.8 Å². The first-order valence-corrected chi connectivity index (χ1v) is 14.9. The van der Waals surface area contributed by atoms with E-state index in [1.54, 1.807) is 11.8 Å². The van der Waals surface area contributed by atoms with Gasteiger partial charge in [0.15, 0.2) is 11.4 Å². The maximum absolute atomic E-state index is 11.9. The topological polar surface area (TPSA) is 109 Å². The molecule has 5 rings (SSSR count). The number of carbonyl (C=O) groups is 1. The average Bonchev–Trinajstić information content (AvgIpc) is 3.52. The molecule has 0 bridgehead atoms. The monoisotopic (exact) mass is 632 g/mol. The second-order valence-electron chi connectivity index (χ2n) is 9.45. The van der Waals surface area contributed by atoms with Crippen LogP contribution in [0.1, 0.15) is 41.1 Å². The molecule has 0 aliphatic carbocycles. The van der Waals surface area contributed by atoms with Crippen LogP contribution in [0.4, 0.5) is 0 Å². The van der Waals surface area contributed by atoms with E-state index < -0.39 is 16.0 Å². The van der Waals surface area contributed by atoms with Gasteiger partial charge in [0, 0.05) is 24.3 Å². The third-order valence-electron chi connectivity index (χ3n) is 6.57. The lowest BCUT2D eigenvalue weighted by molar-refractivity contribution is -0.245. The van der Waals surface area contributed by atoms with Crippen LogP contribution in [0.25, 0.3) is 11.1 Å². The molecule has 1 aliphatic heterocycles. The third-order valence-corrected chi connectivity index (χ3v) is 8.09. The Morgan fingerprint density at radius 1 is 1.00 bits per heavy atom. The van der Waals surface area contributed by atoms with Crippen LogP contribution in [0.2, 0.25) is 0 Å². The van der Waals surface area contributed by atoms with Crippen molar-refractivity contribution in [2.24, 2.45) is 0 Å². The van der Waals surface area contributed by atoms with Crippen LogP contribution in [0.15, 0.2) is 84.3 Å². The van der Waals surface area contributed by atoms with Crippen LogP contribution in [0, 0.1) is 0 Å². The molecule has 0 radical (unpaired) electrons. The van der Waals surface area contributed by atoms with Crippen molar-refractivity contribution in [2.75, 3.05) is 5.75 Å². The summed E-state index contributed by atoms with van der Waals surface area (Å²) in [5.74, 6) is 0.00452. The average molecular weight is 634 g/mol. The maximum atomic E-state index is 11.9. The van der Waals surface area contributed by atoms with Gasteiger partial charge >= 0.3 is 0 Å². The van der Waals surface area contributed by atoms with Gasteiger partial charge in [-0.25, -0.2) is 4.98 Å². The number of nitrogens with one attached hydrogen (secondary N) is 2. The lowest BCUT2D eigenvalue weighted by Gasteiger charge is -2.36. The summed E-state index contributed by atoms with van der Waals surface area (Å²) < 4.78 is 10.8. The SMILES string of the molecule is O=C(NCc1cccc(-c2ccc([C@H]3O[C@@H](CSc4ncn[nH]4)C[C@@H](c4ccc(CO)cc4)O3)cc2)c1)C(Cl)(Cl)Cl. The van der Waals surface area contributed by atoms with E-state index >= 15 is 0 Å². The molecule has 1 aromatic heterocycles. The number of amides is 1. The van der Waals surface area contributed by atoms with Crippen molar-refractivity contribution < 1.29 is 19.4 Å². The summed E-state index contributed by atoms with van der Waals surface area (Å²) in [5, 5.41) is 19.6. The highest BCUT2D eigenvalue weighted by Gasteiger charge is 2.32. The number of halogens is 3. The molecule has 1 saturated heterocycles. The number of benzene rings is 3. The van der Waals surface area contributed by atoms with Gasteiger partial charge in [-0.2, -0.15) is 5.10 Å². The van der Waals surface area contributed by atoms with Gasteiger partial charge in [-0.1, -0.05) is 113 Å². The fourth-order valence-electron chi connectivity index (χ4n) is 4.43. The van der Waals surface area contributed by atoms with Gasteiger partial charge in [-0.15, -0.1) is 0 Å². The molecule has 3 aromatic carbocycles. The van der Waals surface area contributed by atoms with Crippen molar-refractivity contribution >= 4 is 52.5 Å². The summed E-state index contributed by atoms with van der Waals surface area (Å²) in [4.78, 5) is 16.1. The molecule has 1 amide bonds. The number of aromatic amines is 1. The third kappa shape index (κ3) is 8.02. The first kappa shape index (κ1) is 29.8. The number of ether oxygens (including phenoxy) is 2. The van der Waals surface area contributed by atoms with E-state index in [2.05, 4.69) is 20.5 Å². The summed E-state index contributed by atoms with van der Waals surface area (Å²) in [6, 6.07) is 23.6. The van der Waals surface area contributed by atoms with Crippen LogP contribution in [-0.2, 0) is 27.4 Å². The lowest BCUT2D eigenvalue weighted by atomic mass is 9.99. The van der Waals surface area contributed by atoms with E-state index in [0.29, 0.717) is 12.2 Å². The first-order chi connectivity index (χ1) is 19.8. The Morgan fingerprint density at radius 3 is 2.44 bits per heavy atom. The van der Waals surface area contributed by atoms with Crippen LogP contribution in [-0.4, -0.2) is 41.8 Å². The number of hydrogen-bond donors (Lipinski definition) is 3. The second kappa shape index (κ2) is 13.6. The van der Waals surface area contributed by atoms with Crippen molar-refractivity contribution in [1.82, 2.24) is 20.5 Å². The molecule has 8 nitrogen and oxygen atoms in total. The molecule has 2 heterocycles. The van der Waals surface area contributed by atoms with Crippen LogP contribution < -0.4 is 5.32 Å². The molecule has 3 N–H and O–H groups in total. The van der Waals surface area contributed by atoms with E-state index in [9.17, 15) is 9.90 Å². The van der Waals surface area contributed by atoms with E-state index in [1.165, 1.54) is 6.33 Å². The van der Waals surface area contributed by atoms with E-state index in [0.717, 1.165) is 38.5 Å². The van der Waals surface area contributed by atoms with Crippen molar-refractivity contribution in [2.45, 2.75) is 47.0 Å². The molecule has 12 heteroatoms. The minimum Gasteiger partial charge on any atom is -0.392 e. The number of carbonyl (C=O) groups excluding carboxylic acids is 1. The van der Waals surface area contributed by atoms with Gasteiger partial charge in [0.2, 0.25) is 0 Å². The molecule has 1 aliphatic rings. The Labute approximate surface area is 256 Å². The number of rotatable bonds is 9. The van der Waals surface area contributed by atoms with Gasteiger partial charge in [0.25, 0.3) is 9.70 Å². The Kier molecular flexibility index (Phi) is 9.87. The fraction of sp³-hybridized carbons (Fsp3) is 0.276. The molecular formula is C29H27Cl3N4O4S. The zero-order valence-electron chi connectivity index (χ0n) is 21.7. The predicted octanol–water partition coefficient (Wildman–Crippen LogP) is 6.29. The molecule has 41 heavy (non-hydrogen) atoms. The maximum Gasteiger partial charge on any atom is 0.272 e.